The van der Waals surface area contributed by atoms with Crippen LogP contribution in [-0.4, -0.2) is 41.4 Å². The van der Waals surface area contributed by atoms with Gasteiger partial charge in [0.05, 0.1) is 4.47 Å². The average Bonchev–Trinajstić information content (AvgIpc) is 2.70. The number of halogens is 2. The van der Waals surface area contributed by atoms with E-state index in [1.807, 2.05) is 0 Å². The van der Waals surface area contributed by atoms with Crippen molar-refractivity contribution >= 4 is 49.8 Å². The maximum Gasteiger partial charge on any atom is 0.414 e. The van der Waals surface area contributed by atoms with E-state index in [1.54, 1.807) is 24.3 Å². The minimum atomic E-state index is -1.28. The maximum atomic E-state index is 12.4. The predicted molar refractivity (Wildman–Crippen MR) is 114 cm³/mol. The molecule has 0 radical (unpaired) electrons. The van der Waals surface area contributed by atoms with Gasteiger partial charge in [-0.05, 0) is 46.3 Å². The van der Waals surface area contributed by atoms with Crippen LogP contribution in [0.15, 0.2) is 63.6 Å². The van der Waals surface area contributed by atoms with Crippen LogP contribution in [-0.2, 0) is 14.3 Å². The Morgan fingerprint density at radius 3 is 2.40 bits per heavy atom. The molecule has 8 nitrogen and oxygen atoms in total. The van der Waals surface area contributed by atoms with Gasteiger partial charge in [-0.1, -0.05) is 34.1 Å². The van der Waals surface area contributed by atoms with Gasteiger partial charge in [0.1, 0.15) is 11.9 Å². The minimum Gasteiger partial charge on any atom is -0.506 e. The van der Waals surface area contributed by atoms with Gasteiger partial charge >= 0.3 is 12.1 Å². The average molecular weight is 543 g/mol. The summed E-state index contributed by atoms with van der Waals surface area (Å²) in [6.07, 6.45) is -1.47. The van der Waals surface area contributed by atoms with Crippen molar-refractivity contribution in [1.82, 2.24) is 5.32 Å². The summed E-state index contributed by atoms with van der Waals surface area (Å²) >= 11 is 6.47. The molecule has 10 heteroatoms. The van der Waals surface area contributed by atoms with Crippen LogP contribution in [0.25, 0.3) is 0 Å². The zero-order chi connectivity index (χ0) is 22.3. The fraction of sp³-hybridized carbons (Fsp3) is 0.150. The van der Waals surface area contributed by atoms with Crippen LogP contribution in [0.2, 0.25) is 0 Å². The first-order valence-electron chi connectivity index (χ1n) is 8.41. The van der Waals surface area contributed by atoms with E-state index in [0.717, 1.165) is 12.2 Å². The molecule has 2 rings (SSSR count). The number of aromatic hydroxyl groups is 1. The van der Waals surface area contributed by atoms with Gasteiger partial charge in [0.25, 0.3) is 5.91 Å². The fourth-order valence-electron chi connectivity index (χ4n) is 2.49. The largest absolute Gasteiger partial charge is 0.506 e. The van der Waals surface area contributed by atoms with Crippen LogP contribution >= 0.6 is 31.9 Å². The van der Waals surface area contributed by atoms with Crippen LogP contribution in [0.1, 0.15) is 22.0 Å². The summed E-state index contributed by atoms with van der Waals surface area (Å²) in [6, 6.07) is 11.1. The smallest absolute Gasteiger partial charge is 0.414 e. The highest BCUT2D eigenvalue weighted by Gasteiger charge is 2.30. The Morgan fingerprint density at radius 1 is 1.13 bits per heavy atom. The number of carbonyl (C=O) groups excluding carboxylic acids is 2. The van der Waals surface area contributed by atoms with E-state index in [4.69, 9.17) is 14.6 Å². The Bertz CT molecular complexity index is 963. The van der Waals surface area contributed by atoms with Crippen molar-refractivity contribution < 1.29 is 34.1 Å². The topological polar surface area (TPSA) is 122 Å². The monoisotopic (exact) mass is 541 g/mol. The molecular weight excluding hydrogens is 526 g/mol. The van der Waals surface area contributed by atoms with Crippen LogP contribution in [0.3, 0.4) is 0 Å². The second-order valence-corrected chi connectivity index (χ2v) is 7.64. The number of imide groups is 1. The Hall–Kier alpha value is -2.69. The molecule has 2 amide bonds. The van der Waals surface area contributed by atoms with Gasteiger partial charge in [0, 0.05) is 28.8 Å². The molecule has 0 bridgehead atoms. The van der Waals surface area contributed by atoms with Crippen LogP contribution in [0.5, 0.6) is 5.75 Å². The lowest BCUT2D eigenvalue weighted by atomic mass is 10.0. The number of methoxy groups -OCH3 is 1. The van der Waals surface area contributed by atoms with Crippen molar-refractivity contribution in [2.24, 2.45) is 0 Å². The number of alkyl carbamates (subject to hydrolysis) is 1. The third-order valence-electron chi connectivity index (χ3n) is 3.85. The summed E-state index contributed by atoms with van der Waals surface area (Å²) in [4.78, 5) is 35.5. The molecule has 2 aromatic rings. The summed E-state index contributed by atoms with van der Waals surface area (Å²) in [5.74, 6) is -2.16. The molecule has 0 spiro atoms. The molecule has 0 saturated heterocycles. The first-order valence-corrected chi connectivity index (χ1v) is 10.0. The van der Waals surface area contributed by atoms with Crippen molar-refractivity contribution in [3.05, 3.63) is 74.7 Å². The number of ether oxygens (including phenoxy) is 2. The lowest BCUT2D eigenvalue weighted by Crippen LogP contribution is -2.34. The van der Waals surface area contributed by atoms with E-state index in [9.17, 15) is 19.5 Å². The molecule has 2 atom stereocenters. The van der Waals surface area contributed by atoms with Crippen LogP contribution in [0, 0.1) is 0 Å². The third-order valence-corrected chi connectivity index (χ3v) is 4.91. The number of carboxylic acid groups (broad SMARTS) is 1. The maximum absolute atomic E-state index is 12.4. The number of hydrogen-bond donors (Lipinski definition) is 3. The van der Waals surface area contributed by atoms with E-state index in [-0.39, 0.29) is 16.9 Å². The number of amides is 2. The number of aliphatic carboxylic acids is 1. The predicted octanol–water partition coefficient (Wildman–Crippen LogP) is 4.18. The van der Waals surface area contributed by atoms with Crippen molar-refractivity contribution in [3.8, 4) is 5.75 Å². The third kappa shape index (κ3) is 6.41. The number of carboxylic acids is 1. The lowest BCUT2D eigenvalue weighted by Gasteiger charge is -2.25. The first-order chi connectivity index (χ1) is 14.2. The van der Waals surface area contributed by atoms with Crippen molar-refractivity contribution in [2.75, 3.05) is 7.11 Å². The van der Waals surface area contributed by atoms with Gasteiger partial charge in [0.2, 0.25) is 0 Å². The van der Waals surface area contributed by atoms with Crippen molar-refractivity contribution in [1.29, 1.82) is 0 Å². The zero-order valence-electron chi connectivity index (χ0n) is 15.5. The second kappa shape index (κ2) is 10.9. The Labute approximate surface area is 188 Å². The highest BCUT2D eigenvalue weighted by Crippen LogP contribution is 2.38. The summed E-state index contributed by atoms with van der Waals surface area (Å²) < 4.78 is 11.5. The molecule has 158 valence electrons. The number of hydrogen-bond acceptors (Lipinski definition) is 6. The molecular formula is C20H17Br2NO7. The molecule has 0 aliphatic rings. The summed E-state index contributed by atoms with van der Waals surface area (Å²) in [7, 11) is 1.28. The van der Waals surface area contributed by atoms with E-state index in [0.29, 0.717) is 8.95 Å². The van der Waals surface area contributed by atoms with E-state index < -0.39 is 30.2 Å². The fourth-order valence-corrected chi connectivity index (χ4v) is 3.75. The number of benzene rings is 2. The van der Waals surface area contributed by atoms with Gasteiger partial charge in [0.15, 0.2) is 6.10 Å². The molecule has 3 N–H and O–H groups in total. The Kier molecular flexibility index (Phi) is 8.58. The highest BCUT2D eigenvalue weighted by atomic mass is 79.9. The number of phenolic OH excluding ortho intramolecular Hbond substituents is 1. The molecule has 0 heterocycles. The quantitative estimate of drug-likeness (QED) is 0.448. The normalized spacial score (nSPS) is 12.9. The van der Waals surface area contributed by atoms with Crippen LogP contribution in [0.4, 0.5) is 4.79 Å². The van der Waals surface area contributed by atoms with Gasteiger partial charge < -0.3 is 19.7 Å². The summed E-state index contributed by atoms with van der Waals surface area (Å²) in [5, 5.41) is 21.4. The minimum absolute atomic E-state index is 0.125. The van der Waals surface area contributed by atoms with Crippen molar-refractivity contribution in [3.63, 3.8) is 0 Å². The van der Waals surface area contributed by atoms with E-state index in [2.05, 4.69) is 37.2 Å². The van der Waals surface area contributed by atoms with Crippen molar-refractivity contribution in [2.45, 2.75) is 12.2 Å². The van der Waals surface area contributed by atoms with Gasteiger partial charge in [-0.2, -0.15) is 0 Å². The summed E-state index contributed by atoms with van der Waals surface area (Å²) in [6.45, 7) is 0. The Balaban J connectivity index is 2.35. The molecule has 0 aromatic heterocycles. The first kappa shape index (κ1) is 23.6. The lowest BCUT2D eigenvalue weighted by molar-refractivity contribution is -0.131. The molecule has 0 unspecified atom stereocenters. The molecule has 0 fully saturated rings. The van der Waals surface area contributed by atoms with Crippen LogP contribution < -0.4 is 5.32 Å². The highest BCUT2D eigenvalue weighted by molar-refractivity contribution is 9.11. The van der Waals surface area contributed by atoms with Gasteiger partial charge in [-0.15, -0.1) is 0 Å². The number of phenols is 1. The molecule has 0 aliphatic carbocycles. The van der Waals surface area contributed by atoms with E-state index >= 15 is 0 Å². The molecule has 2 aromatic carbocycles. The zero-order valence-corrected chi connectivity index (χ0v) is 18.7. The SMILES string of the molecule is CO[C@@H](/C=C/C(=O)O)[C@@H](OC(=O)NC(=O)c1ccccc1)c1cc(Br)cc(Br)c1O. The number of nitrogens with one attached hydrogen (secondary N) is 1. The summed E-state index contributed by atoms with van der Waals surface area (Å²) in [5.41, 5.74) is 0.369. The molecule has 0 saturated carbocycles. The van der Waals surface area contributed by atoms with Gasteiger partial charge in [-0.25, -0.2) is 9.59 Å². The second-order valence-electron chi connectivity index (χ2n) is 5.87. The van der Waals surface area contributed by atoms with E-state index in [1.165, 1.54) is 25.3 Å². The number of rotatable bonds is 7. The molecule has 0 aliphatic heterocycles. The molecule has 30 heavy (non-hydrogen) atoms. The standard InChI is InChI=1S/C20H17Br2NO7/c1-29-15(7-8-16(24)25)18(13-9-12(21)10-14(22)17(13)26)30-20(28)23-19(27)11-5-3-2-4-6-11/h2-10,15,18,26H,1H3,(H,24,25)(H,23,27,28)/b8-7+/t15-,18-/m0/s1. The Morgan fingerprint density at radius 2 is 1.80 bits per heavy atom. The van der Waals surface area contributed by atoms with Gasteiger partial charge in [-0.3, -0.25) is 10.1 Å². The number of carbonyl (C=O) groups is 3.